The summed E-state index contributed by atoms with van der Waals surface area (Å²) in [5.74, 6) is -4.64. The first kappa shape index (κ1) is 14.2. The molecule has 0 radical (unpaired) electrons. The molecule has 0 aromatic carbocycles. The summed E-state index contributed by atoms with van der Waals surface area (Å²) in [5, 5.41) is 11.8. The number of amides is 1. The number of alkyl halides is 2. The molecule has 2 aliphatic rings. The van der Waals surface area contributed by atoms with Crippen LogP contribution in [0.25, 0.3) is 0 Å². The summed E-state index contributed by atoms with van der Waals surface area (Å²) in [4.78, 5) is 23.1. The number of hydrogen-bond donors (Lipinski definition) is 2. The van der Waals surface area contributed by atoms with Gasteiger partial charge in [-0.15, -0.1) is 0 Å². The van der Waals surface area contributed by atoms with Crippen molar-refractivity contribution in [3.05, 3.63) is 0 Å². The first-order chi connectivity index (χ1) is 8.74. The predicted octanol–water partition coefficient (Wildman–Crippen LogP) is 2.18. The van der Waals surface area contributed by atoms with Gasteiger partial charge in [-0.1, -0.05) is 19.3 Å². The molecule has 0 saturated heterocycles. The largest absolute Gasteiger partial charge is 0.481 e. The molecule has 108 valence electrons. The minimum Gasteiger partial charge on any atom is -0.481 e. The van der Waals surface area contributed by atoms with Gasteiger partial charge in [0.05, 0.1) is 5.41 Å². The highest BCUT2D eigenvalue weighted by molar-refractivity contribution is 5.87. The molecule has 6 heteroatoms. The zero-order valence-electron chi connectivity index (χ0n) is 11.0. The summed E-state index contributed by atoms with van der Waals surface area (Å²) in [6, 6.07) is 0. The fourth-order valence-electron chi connectivity index (χ4n) is 2.79. The minimum absolute atomic E-state index is 0.0488. The standard InChI is InChI=1S/C13H19F2NO3/c1-11(7-13(11,14)15)9(17)16-8-12(10(18)19)5-3-2-4-6-12/h2-8H2,1H3,(H,16,17)(H,18,19). The number of carbonyl (C=O) groups is 2. The molecule has 2 aliphatic carbocycles. The molecule has 2 fully saturated rings. The Kier molecular flexibility index (Phi) is 3.31. The van der Waals surface area contributed by atoms with Gasteiger partial charge in [-0.25, -0.2) is 8.78 Å². The fraction of sp³-hybridized carbons (Fsp3) is 0.846. The third kappa shape index (κ3) is 2.32. The molecule has 0 heterocycles. The normalized spacial score (nSPS) is 31.5. The van der Waals surface area contributed by atoms with Crippen LogP contribution in [-0.4, -0.2) is 29.5 Å². The Labute approximate surface area is 110 Å². The number of carboxylic acids is 1. The summed E-state index contributed by atoms with van der Waals surface area (Å²) >= 11 is 0. The van der Waals surface area contributed by atoms with Gasteiger partial charge in [0.1, 0.15) is 5.41 Å². The van der Waals surface area contributed by atoms with Crippen LogP contribution in [0.4, 0.5) is 8.78 Å². The molecule has 2 rings (SSSR count). The smallest absolute Gasteiger partial charge is 0.311 e. The van der Waals surface area contributed by atoms with Gasteiger partial charge in [-0.3, -0.25) is 9.59 Å². The molecule has 1 amide bonds. The Bertz CT molecular complexity index is 405. The van der Waals surface area contributed by atoms with Crippen molar-refractivity contribution in [1.82, 2.24) is 5.32 Å². The molecule has 0 spiro atoms. The zero-order chi connectivity index (χ0) is 14.3. The van der Waals surface area contributed by atoms with E-state index in [4.69, 9.17) is 0 Å². The summed E-state index contributed by atoms with van der Waals surface area (Å²) in [5.41, 5.74) is -2.63. The lowest BCUT2D eigenvalue weighted by molar-refractivity contribution is -0.151. The Morgan fingerprint density at radius 3 is 2.16 bits per heavy atom. The average molecular weight is 275 g/mol. The monoisotopic (exact) mass is 275 g/mol. The van der Waals surface area contributed by atoms with E-state index in [-0.39, 0.29) is 6.54 Å². The van der Waals surface area contributed by atoms with Gasteiger partial charge in [0.15, 0.2) is 0 Å². The summed E-state index contributed by atoms with van der Waals surface area (Å²) < 4.78 is 26.1. The quantitative estimate of drug-likeness (QED) is 0.826. The molecular formula is C13H19F2NO3. The molecule has 19 heavy (non-hydrogen) atoms. The van der Waals surface area contributed by atoms with Crippen LogP contribution in [0.3, 0.4) is 0 Å². The molecular weight excluding hydrogens is 256 g/mol. The van der Waals surface area contributed by atoms with Gasteiger partial charge >= 0.3 is 5.97 Å². The van der Waals surface area contributed by atoms with Crippen molar-refractivity contribution in [2.24, 2.45) is 10.8 Å². The van der Waals surface area contributed by atoms with Crippen LogP contribution in [0, 0.1) is 10.8 Å². The predicted molar refractivity (Wildman–Crippen MR) is 63.8 cm³/mol. The molecule has 0 aliphatic heterocycles. The second-order valence-corrected chi connectivity index (χ2v) is 6.04. The lowest BCUT2D eigenvalue weighted by Crippen LogP contribution is -2.46. The van der Waals surface area contributed by atoms with Crippen LogP contribution in [0.15, 0.2) is 0 Å². The molecule has 0 aromatic rings. The Balaban J connectivity index is 1.97. The topological polar surface area (TPSA) is 66.4 Å². The maximum atomic E-state index is 13.1. The SMILES string of the molecule is CC1(C(=O)NCC2(C(=O)O)CCCCC2)CC1(F)F. The molecule has 1 unspecified atom stereocenters. The highest BCUT2D eigenvalue weighted by atomic mass is 19.3. The Morgan fingerprint density at radius 2 is 1.74 bits per heavy atom. The van der Waals surface area contributed by atoms with E-state index in [1.807, 2.05) is 0 Å². The van der Waals surface area contributed by atoms with Crippen LogP contribution < -0.4 is 5.32 Å². The lowest BCUT2D eigenvalue weighted by Gasteiger charge is -2.33. The molecule has 0 bridgehead atoms. The van der Waals surface area contributed by atoms with E-state index in [0.717, 1.165) is 19.3 Å². The third-order valence-corrected chi connectivity index (χ3v) is 4.61. The van der Waals surface area contributed by atoms with Crippen molar-refractivity contribution in [1.29, 1.82) is 0 Å². The van der Waals surface area contributed by atoms with Gasteiger partial charge in [-0.05, 0) is 19.8 Å². The molecule has 4 nitrogen and oxygen atoms in total. The van der Waals surface area contributed by atoms with Crippen molar-refractivity contribution in [2.45, 2.75) is 51.4 Å². The van der Waals surface area contributed by atoms with Crippen molar-refractivity contribution < 1.29 is 23.5 Å². The number of carboxylic acid groups (broad SMARTS) is 1. The van der Waals surface area contributed by atoms with E-state index in [0.29, 0.717) is 12.8 Å². The van der Waals surface area contributed by atoms with Gasteiger partial charge in [0.25, 0.3) is 5.92 Å². The van der Waals surface area contributed by atoms with E-state index < -0.39 is 35.0 Å². The Hall–Kier alpha value is -1.20. The highest BCUT2D eigenvalue weighted by Crippen LogP contribution is 2.60. The first-order valence-electron chi connectivity index (χ1n) is 6.63. The Morgan fingerprint density at radius 1 is 1.21 bits per heavy atom. The number of aliphatic carboxylic acids is 1. The first-order valence-corrected chi connectivity index (χ1v) is 6.63. The molecule has 0 aromatic heterocycles. The molecule has 1 atom stereocenters. The fourth-order valence-corrected chi connectivity index (χ4v) is 2.79. The van der Waals surface area contributed by atoms with Crippen LogP contribution >= 0.6 is 0 Å². The van der Waals surface area contributed by atoms with Crippen LogP contribution in [0.1, 0.15) is 45.4 Å². The summed E-state index contributed by atoms with van der Waals surface area (Å²) in [7, 11) is 0. The van der Waals surface area contributed by atoms with Crippen molar-refractivity contribution in [2.75, 3.05) is 6.54 Å². The second kappa shape index (κ2) is 4.42. The van der Waals surface area contributed by atoms with E-state index in [2.05, 4.69) is 5.32 Å². The highest BCUT2D eigenvalue weighted by Gasteiger charge is 2.72. The second-order valence-electron chi connectivity index (χ2n) is 6.04. The maximum absolute atomic E-state index is 13.1. The number of rotatable bonds is 4. The van der Waals surface area contributed by atoms with Gasteiger partial charge in [0.2, 0.25) is 5.91 Å². The van der Waals surface area contributed by atoms with Gasteiger partial charge < -0.3 is 10.4 Å². The van der Waals surface area contributed by atoms with E-state index >= 15 is 0 Å². The summed E-state index contributed by atoms with van der Waals surface area (Å²) in [6.07, 6.45) is 3.13. The number of carbonyl (C=O) groups excluding carboxylic acids is 1. The number of nitrogens with one attached hydrogen (secondary N) is 1. The van der Waals surface area contributed by atoms with E-state index in [9.17, 15) is 23.5 Å². The third-order valence-electron chi connectivity index (χ3n) is 4.61. The molecule has 2 saturated carbocycles. The van der Waals surface area contributed by atoms with E-state index in [1.54, 1.807) is 0 Å². The minimum atomic E-state index is -2.96. The lowest BCUT2D eigenvalue weighted by atomic mass is 9.74. The van der Waals surface area contributed by atoms with E-state index in [1.165, 1.54) is 6.92 Å². The maximum Gasteiger partial charge on any atom is 0.311 e. The van der Waals surface area contributed by atoms with Crippen molar-refractivity contribution in [3.63, 3.8) is 0 Å². The van der Waals surface area contributed by atoms with Crippen molar-refractivity contribution >= 4 is 11.9 Å². The summed E-state index contributed by atoms with van der Waals surface area (Å²) in [6.45, 7) is 1.17. The molecule has 2 N–H and O–H groups in total. The number of hydrogen-bond acceptors (Lipinski definition) is 2. The average Bonchev–Trinajstić information content (AvgIpc) is 2.88. The zero-order valence-corrected chi connectivity index (χ0v) is 11.0. The van der Waals surface area contributed by atoms with Crippen LogP contribution in [0.2, 0.25) is 0 Å². The van der Waals surface area contributed by atoms with Crippen LogP contribution in [-0.2, 0) is 9.59 Å². The van der Waals surface area contributed by atoms with Gasteiger partial charge in [0, 0.05) is 13.0 Å². The van der Waals surface area contributed by atoms with Crippen LogP contribution in [0.5, 0.6) is 0 Å². The number of halogens is 2. The van der Waals surface area contributed by atoms with Crippen molar-refractivity contribution in [3.8, 4) is 0 Å². The van der Waals surface area contributed by atoms with Gasteiger partial charge in [-0.2, -0.15) is 0 Å².